The van der Waals surface area contributed by atoms with Gasteiger partial charge in [-0.3, -0.25) is 16.2 Å². The van der Waals surface area contributed by atoms with Gasteiger partial charge in [-0.15, -0.1) is 0 Å². The first kappa shape index (κ1) is 15.9. The van der Waals surface area contributed by atoms with E-state index in [-0.39, 0.29) is 6.10 Å². The summed E-state index contributed by atoms with van der Waals surface area (Å²) in [5.41, 5.74) is 2.96. The lowest BCUT2D eigenvalue weighted by Crippen LogP contribution is -2.55. The summed E-state index contributed by atoms with van der Waals surface area (Å²) in [6.07, 6.45) is 6.50. The number of nitrogens with two attached hydrogens (primary N) is 1. The molecule has 0 bridgehead atoms. The van der Waals surface area contributed by atoms with Crippen molar-refractivity contribution in [3.8, 4) is 0 Å². The molecule has 18 heavy (non-hydrogen) atoms. The number of hydrazine groups is 1. The lowest BCUT2D eigenvalue weighted by Gasteiger charge is -2.38. The van der Waals surface area contributed by atoms with Crippen molar-refractivity contribution in [1.29, 1.82) is 0 Å². The van der Waals surface area contributed by atoms with E-state index in [0.717, 1.165) is 26.1 Å². The zero-order chi connectivity index (χ0) is 13.4. The van der Waals surface area contributed by atoms with E-state index in [9.17, 15) is 0 Å². The van der Waals surface area contributed by atoms with Crippen molar-refractivity contribution in [2.75, 3.05) is 19.7 Å². The highest BCUT2D eigenvalue weighted by molar-refractivity contribution is 4.82. The van der Waals surface area contributed by atoms with Crippen molar-refractivity contribution < 1.29 is 4.74 Å². The fourth-order valence-electron chi connectivity index (χ4n) is 2.58. The Kier molecular flexibility index (Phi) is 7.82. The number of ether oxygens (including phenoxy) is 1. The van der Waals surface area contributed by atoms with E-state index in [4.69, 9.17) is 10.6 Å². The number of nitrogens with one attached hydrogen (secondary N) is 1. The zero-order valence-electron chi connectivity index (χ0n) is 12.3. The number of rotatable bonds is 8. The molecular formula is C14H31N3O. The maximum atomic E-state index is 5.88. The van der Waals surface area contributed by atoms with Crippen molar-refractivity contribution in [2.45, 2.75) is 71.1 Å². The van der Waals surface area contributed by atoms with Gasteiger partial charge in [0.25, 0.3) is 0 Å². The van der Waals surface area contributed by atoms with Crippen LogP contribution in [0.4, 0.5) is 0 Å². The third-order valence-electron chi connectivity index (χ3n) is 3.89. The Morgan fingerprint density at radius 2 is 2.11 bits per heavy atom. The molecule has 4 heteroatoms. The highest BCUT2D eigenvalue weighted by Gasteiger charge is 2.28. The maximum Gasteiger partial charge on any atom is 0.0868 e. The molecule has 1 fully saturated rings. The van der Waals surface area contributed by atoms with Crippen molar-refractivity contribution in [2.24, 2.45) is 5.84 Å². The predicted octanol–water partition coefficient (Wildman–Crippen LogP) is 1.90. The van der Waals surface area contributed by atoms with Gasteiger partial charge in [0.15, 0.2) is 0 Å². The third-order valence-corrected chi connectivity index (χ3v) is 3.89. The van der Waals surface area contributed by atoms with Crippen molar-refractivity contribution in [1.82, 2.24) is 10.3 Å². The van der Waals surface area contributed by atoms with Gasteiger partial charge in [0.05, 0.1) is 12.7 Å². The first-order valence-corrected chi connectivity index (χ1v) is 7.50. The van der Waals surface area contributed by atoms with Gasteiger partial charge in [-0.2, -0.15) is 0 Å². The molecule has 0 aromatic carbocycles. The molecule has 4 nitrogen and oxygen atoms in total. The van der Waals surface area contributed by atoms with Gasteiger partial charge in [-0.05, 0) is 20.3 Å². The monoisotopic (exact) mass is 257 g/mol. The van der Waals surface area contributed by atoms with E-state index in [2.05, 4.69) is 31.1 Å². The Balaban J connectivity index is 2.34. The van der Waals surface area contributed by atoms with Crippen LogP contribution in [0.2, 0.25) is 0 Å². The molecule has 2 atom stereocenters. The van der Waals surface area contributed by atoms with Crippen LogP contribution in [0.15, 0.2) is 0 Å². The largest absolute Gasteiger partial charge is 0.374 e. The van der Waals surface area contributed by atoms with Gasteiger partial charge in [-0.25, -0.2) is 0 Å². The summed E-state index contributed by atoms with van der Waals surface area (Å²) in [6, 6.07) is 0.887. The fraction of sp³-hybridized carbons (Fsp3) is 1.00. The van der Waals surface area contributed by atoms with Crippen molar-refractivity contribution in [3.05, 3.63) is 0 Å². The summed E-state index contributed by atoms with van der Waals surface area (Å²) in [5, 5.41) is 0. The third kappa shape index (κ3) is 5.22. The minimum absolute atomic E-state index is 0.243. The van der Waals surface area contributed by atoms with Gasteiger partial charge in [0, 0.05) is 25.2 Å². The van der Waals surface area contributed by atoms with E-state index in [1.807, 2.05) is 0 Å². The number of unbranched alkanes of at least 4 members (excludes halogenated alkanes) is 3. The van der Waals surface area contributed by atoms with E-state index in [1.165, 1.54) is 25.7 Å². The van der Waals surface area contributed by atoms with E-state index in [1.54, 1.807) is 0 Å². The van der Waals surface area contributed by atoms with Crippen LogP contribution in [-0.4, -0.2) is 42.8 Å². The molecule has 0 amide bonds. The summed E-state index contributed by atoms with van der Waals surface area (Å²) in [5.74, 6) is 5.69. The second kappa shape index (κ2) is 8.86. The lowest BCUT2D eigenvalue weighted by molar-refractivity contribution is -0.0568. The van der Waals surface area contributed by atoms with E-state index in [0.29, 0.717) is 12.1 Å². The van der Waals surface area contributed by atoms with Crippen LogP contribution in [0.5, 0.6) is 0 Å². The Labute approximate surface area is 112 Å². The van der Waals surface area contributed by atoms with Crippen molar-refractivity contribution >= 4 is 0 Å². The predicted molar refractivity (Wildman–Crippen MR) is 76.3 cm³/mol. The quantitative estimate of drug-likeness (QED) is 0.396. The molecule has 108 valence electrons. The van der Waals surface area contributed by atoms with Gasteiger partial charge in [0.1, 0.15) is 0 Å². The lowest BCUT2D eigenvalue weighted by atomic mass is 10.0. The molecule has 1 aliphatic rings. The first-order chi connectivity index (χ1) is 8.69. The second-order valence-corrected chi connectivity index (χ2v) is 5.62. The molecule has 0 aromatic heterocycles. The van der Waals surface area contributed by atoms with Gasteiger partial charge < -0.3 is 4.74 Å². The maximum absolute atomic E-state index is 5.88. The van der Waals surface area contributed by atoms with E-state index < -0.39 is 0 Å². The summed E-state index contributed by atoms with van der Waals surface area (Å²) < 4.78 is 5.88. The van der Waals surface area contributed by atoms with Crippen LogP contribution in [0.3, 0.4) is 0 Å². The molecule has 1 saturated heterocycles. The summed E-state index contributed by atoms with van der Waals surface area (Å²) in [4.78, 5) is 2.48. The molecule has 0 saturated carbocycles. The van der Waals surface area contributed by atoms with Crippen LogP contribution in [-0.2, 0) is 4.74 Å². The molecule has 0 spiro atoms. The van der Waals surface area contributed by atoms with Crippen LogP contribution in [0, 0.1) is 0 Å². The molecule has 0 radical (unpaired) electrons. The smallest absolute Gasteiger partial charge is 0.0868 e. The standard InChI is InChI=1S/C14H31N3O/c1-4-5-6-7-8-13(16-15)14-11-17(12(2)3)9-10-18-14/h12-14,16H,4-11,15H2,1-3H3. The fourth-order valence-corrected chi connectivity index (χ4v) is 2.58. The molecule has 3 N–H and O–H groups in total. The highest BCUT2D eigenvalue weighted by Crippen LogP contribution is 2.15. The summed E-state index contributed by atoms with van der Waals surface area (Å²) in [6.45, 7) is 9.60. The summed E-state index contributed by atoms with van der Waals surface area (Å²) in [7, 11) is 0. The number of nitrogens with zero attached hydrogens (tertiary/aromatic N) is 1. The zero-order valence-corrected chi connectivity index (χ0v) is 12.3. The number of hydrogen-bond donors (Lipinski definition) is 2. The SMILES string of the molecule is CCCCCCC(NN)C1CN(C(C)C)CCO1. The average molecular weight is 257 g/mol. The van der Waals surface area contributed by atoms with Gasteiger partial charge >= 0.3 is 0 Å². The average Bonchev–Trinajstić information content (AvgIpc) is 2.39. The second-order valence-electron chi connectivity index (χ2n) is 5.62. The van der Waals surface area contributed by atoms with Crippen LogP contribution in [0.25, 0.3) is 0 Å². The Bertz CT molecular complexity index is 211. The topological polar surface area (TPSA) is 50.5 Å². The Morgan fingerprint density at radius 3 is 2.72 bits per heavy atom. The number of morpholine rings is 1. The van der Waals surface area contributed by atoms with Crippen LogP contribution in [0.1, 0.15) is 52.9 Å². The molecule has 2 unspecified atom stereocenters. The minimum Gasteiger partial charge on any atom is -0.374 e. The highest BCUT2D eigenvalue weighted by atomic mass is 16.5. The molecule has 1 aliphatic heterocycles. The van der Waals surface area contributed by atoms with Crippen molar-refractivity contribution in [3.63, 3.8) is 0 Å². The van der Waals surface area contributed by atoms with Gasteiger partial charge in [0.2, 0.25) is 0 Å². The summed E-state index contributed by atoms with van der Waals surface area (Å²) >= 11 is 0. The molecule has 0 aliphatic carbocycles. The molecule has 0 aromatic rings. The van der Waals surface area contributed by atoms with Crippen LogP contribution < -0.4 is 11.3 Å². The Morgan fingerprint density at radius 1 is 1.33 bits per heavy atom. The Hall–Kier alpha value is -0.160. The normalized spacial score (nSPS) is 23.5. The van der Waals surface area contributed by atoms with Gasteiger partial charge in [-0.1, -0.05) is 32.6 Å². The molecular weight excluding hydrogens is 226 g/mol. The van der Waals surface area contributed by atoms with E-state index >= 15 is 0 Å². The molecule has 1 heterocycles. The van der Waals surface area contributed by atoms with Crippen LogP contribution >= 0.6 is 0 Å². The molecule has 1 rings (SSSR count). The first-order valence-electron chi connectivity index (χ1n) is 7.50. The number of hydrogen-bond acceptors (Lipinski definition) is 4. The minimum atomic E-state index is 0.243.